The number of hydrogen-bond donors (Lipinski definition) is 1. The van der Waals surface area contributed by atoms with Gasteiger partial charge < -0.3 is 24.2 Å². The van der Waals surface area contributed by atoms with Gasteiger partial charge in [-0.1, -0.05) is 0 Å². The molecule has 19 heavy (non-hydrogen) atoms. The molecule has 0 aromatic heterocycles. The smallest absolute Gasteiger partial charge is 0.410 e. The van der Waals surface area contributed by atoms with E-state index in [1.54, 1.807) is 4.90 Å². The van der Waals surface area contributed by atoms with E-state index in [4.69, 9.17) is 19.3 Å². The number of carbonyl (C=O) groups excluding carboxylic acids is 1. The lowest BCUT2D eigenvalue weighted by Gasteiger charge is -2.39. The summed E-state index contributed by atoms with van der Waals surface area (Å²) < 4.78 is 16.6. The van der Waals surface area contributed by atoms with Crippen LogP contribution in [0.4, 0.5) is 4.79 Å². The Hall–Kier alpha value is -0.850. The van der Waals surface area contributed by atoms with E-state index in [0.29, 0.717) is 32.7 Å². The number of ether oxygens (including phenoxy) is 3. The van der Waals surface area contributed by atoms with Crippen LogP contribution in [-0.4, -0.2) is 66.3 Å². The van der Waals surface area contributed by atoms with Crippen LogP contribution >= 0.6 is 0 Å². The predicted octanol–water partition coefficient (Wildman–Crippen LogP) is 0.774. The molecule has 1 N–H and O–H groups in total. The maximum atomic E-state index is 12.1. The maximum absolute atomic E-state index is 12.1. The molecular weight excluding hydrogens is 250 g/mol. The summed E-state index contributed by atoms with van der Waals surface area (Å²) >= 11 is 0. The van der Waals surface area contributed by atoms with Crippen molar-refractivity contribution >= 4 is 6.09 Å². The molecule has 2 aliphatic heterocycles. The second-order valence-electron chi connectivity index (χ2n) is 6.25. The zero-order valence-corrected chi connectivity index (χ0v) is 11.8. The second-order valence-corrected chi connectivity index (χ2v) is 6.25. The van der Waals surface area contributed by atoms with Crippen molar-refractivity contribution < 1.29 is 24.1 Å². The van der Waals surface area contributed by atoms with Crippen LogP contribution in [-0.2, 0) is 14.2 Å². The number of rotatable bonds is 1. The maximum Gasteiger partial charge on any atom is 0.410 e. The summed E-state index contributed by atoms with van der Waals surface area (Å²) in [5.41, 5.74) is -0.981. The minimum Gasteiger partial charge on any atom is -0.444 e. The molecular formula is C13H23NO5. The van der Waals surface area contributed by atoms with Crippen molar-refractivity contribution in [2.75, 3.05) is 32.9 Å². The summed E-state index contributed by atoms with van der Waals surface area (Å²) in [4.78, 5) is 13.7. The summed E-state index contributed by atoms with van der Waals surface area (Å²) in [5.74, 6) is 0. The zero-order valence-electron chi connectivity index (χ0n) is 11.8. The van der Waals surface area contributed by atoms with Gasteiger partial charge in [0.05, 0.1) is 32.5 Å². The summed E-state index contributed by atoms with van der Waals surface area (Å²) in [6.07, 6.45) is 0.101. The average molecular weight is 273 g/mol. The Morgan fingerprint density at radius 1 is 1.53 bits per heavy atom. The monoisotopic (exact) mass is 273 g/mol. The molecule has 2 fully saturated rings. The first kappa shape index (κ1) is 14.6. The minimum atomic E-state index is -0.498. The van der Waals surface area contributed by atoms with Crippen LogP contribution in [0.25, 0.3) is 0 Å². The van der Waals surface area contributed by atoms with Crippen molar-refractivity contribution in [3.05, 3.63) is 0 Å². The fourth-order valence-electron chi connectivity index (χ4n) is 2.46. The number of aliphatic hydroxyl groups is 1. The van der Waals surface area contributed by atoms with Crippen molar-refractivity contribution in [2.45, 2.75) is 44.5 Å². The summed E-state index contributed by atoms with van der Waals surface area (Å²) in [7, 11) is 0. The fraction of sp³-hybridized carbons (Fsp3) is 0.923. The first-order valence-electron chi connectivity index (χ1n) is 6.68. The highest BCUT2D eigenvalue weighted by molar-refractivity contribution is 5.68. The first-order chi connectivity index (χ1) is 8.84. The Kier molecular flexibility index (Phi) is 4.03. The van der Waals surface area contributed by atoms with E-state index < -0.39 is 11.2 Å². The largest absolute Gasteiger partial charge is 0.444 e. The molecule has 0 aromatic carbocycles. The molecule has 0 unspecified atom stereocenters. The normalized spacial score (nSPS) is 31.8. The van der Waals surface area contributed by atoms with E-state index >= 15 is 0 Å². The molecule has 2 atom stereocenters. The molecule has 1 amide bonds. The SMILES string of the molecule is CC(C)(C)OC(=O)N1CCO[C@]2(CO[C@@H](CO)C2)C1. The van der Waals surface area contributed by atoms with E-state index in [1.807, 2.05) is 20.8 Å². The predicted molar refractivity (Wildman–Crippen MR) is 67.9 cm³/mol. The summed E-state index contributed by atoms with van der Waals surface area (Å²) in [6, 6.07) is 0. The Balaban J connectivity index is 1.96. The molecule has 2 heterocycles. The van der Waals surface area contributed by atoms with E-state index in [1.165, 1.54) is 0 Å². The van der Waals surface area contributed by atoms with Crippen molar-refractivity contribution in [1.82, 2.24) is 4.90 Å². The molecule has 0 aromatic rings. The van der Waals surface area contributed by atoms with Gasteiger partial charge in [-0.3, -0.25) is 0 Å². The van der Waals surface area contributed by atoms with Gasteiger partial charge in [-0.05, 0) is 20.8 Å². The standard InChI is InChI=1S/C13H23NO5/c1-12(2,3)19-11(16)14-4-5-18-13(8-14)6-10(7-15)17-9-13/h10,15H,4-9H2,1-3H3/t10-,13+/m1/s1. The van der Waals surface area contributed by atoms with Gasteiger partial charge in [0.25, 0.3) is 0 Å². The third kappa shape index (κ3) is 3.58. The van der Waals surface area contributed by atoms with Crippen molar-refractivity contribution in [2.24, 2.45) is 0 Å². The van der Waals surface area contributed by atoms with Crippen LogP contribution in [0.2, 0.25) is 0 Å². The number of morpholine rings is 1. The molecule has 2 aliphatic rings. The van der Waals surface area contributed by atoms with Crippen LogP contribution in [0.1, 0.15) is 27.2 Å². The number of nitrogens with zero attached hydrogens (tertiary/aromatic N) is 1. The first-order valence-corrected chi connectivity index (χ1v) is 6.68. The molecule has 1 spiro atoms. The second kappa shape index (κ2) is 5.26. The van der Waals surface area contributed by atoms with Gasteiger partial charge in [0.2, 0.25) is 0 Å². The Labute approximate surface area is 113 Å². The number of amides is 1. The average Bonchev–Trinajstić information content (AvgIpc) is 2.70. The Bertz CT molecular complexity index is 340. The van der Waals surface area contributed by atoms with Crippen molar-refractivity contribution in [3.63, 3.8) is 0 Å². The highest BCUT2D eigenvalue weighted by atomic mass is 16.6. The molecule has 2 rings (SSSR count). The fourth-order valence-corrected chi connectivity index (χ4v) is 2.46. The highest BCUT2D eigenvalue weighted by Crippen LogP contribution is 2.31. The van der Waals surface area contributed by atoms with Gasteiger partial charge in [0.1, 0.15) is 11.2 Å². The highest BCUT2D eigenvalue weighted by Gasteiger charge is 2.46. The molecule has 6 nitrogen and oxygen atoms in total. The Morgan fingerprint density at radius 2 is 2.26 bits per heavy atom. The van der Waals surface area contributed by atoms with Crippen LogP contribution in [0.15, 0.2) is 0 Å². The lowest BCUT2D eigenvalue weighted by Crippen LogP contribution is -2.55. The third-order valence-corrected chi connectivity index (χ3v) is 3.29. The van der Waals surface area contributed by atoms with Crippen molar-refractivity contribution in [3.8, 4) is 0 Å². The molecule has 0 saturated carbocycles. The molecule has 110 valence electrons. The van der Waals surface area contributed by atoms with E-state index in [2.05, 4.69) is 0 Å². The molecule has 0 aliphatic carbocycles. The van der Waals surface area contributed by atoms with Gasteiger partial charge in [-0.25, -0.2) is 4.79 Å². The molecule has 6 heteroatoms. The van der Waals surface area contributed by atoms with Crippen LogP contribution in [0.3, 0.4) is 0 Å². The van der Waals surface area contributed by atoms with Gasteiger partial charge in [0.15, 0.2) is 0 Å². The lowest BCUT2D eigenvalue weighted by molar-refractivity contribution is -0.108. The van der Waals surface area contributed by atoms with E-state index in [-0.39, 0.29) is 18.8 Å². The van der Waals surface area contributed by atoms with Gasteiger partial charge >= 0.3 is 6.09 Å². The van der Waals surface area contributed by atoms with Gasteiger partial charge in [0, 0.05) is 13.0 Å². The van der Waals surface area contributed by atoms with Crippen molar-refractivity contribution in [1.29, 1.82) is 0 Å². The number of carbonyl (C=O) groups is 1. The van der Waals surface area contributed by atoms with E-state index in [9.17, 15) is 4.79 Å². The summed E-state index contributed by atoms with van der Waals surface area (Å²) in [6.45, 7) is 7.40. The van der Waals surface area contributed by atoms with E-state index in [0.717, 1.165) is 0 Å². The summed E-state index contributed by atoms with van der Waals surface area (Å²) in [5, 5.41) is 9.12. The van der Waals surface area contributed by atoms with Gasteiger partial charge in [-0.2, -0.15) is 0 Å². The minimum absolute atomic E-state index is 0.0163. The van der Waals surface area contributed by atoms with Crippen LogP contribution in [0.5, 0.6) is 0 Å². The molecule has 0 radical (unpaired) electrons. The molecule has 2 saturated heterocycles. The molecule has 0 bridgehead atoms. The zero-order chi connectivity index (χ0) is 14.1. The third-order valence-electron chi connectivity index (χ3n) is 3.29. The van der Waals surface area contributed by atoms with Gasteiger partial charge in [-0.15, -0.1) is 0 Å². The van der Waals surface area contributed by atoms with Crippen LogP contribution < -0.4 is 0 Å². The quantitative estimate of drug-likeness (QED) is 0.764. The topological polar surface area (TPSA) is 68.2 Å². The lowest BCUT2D eigenvalue weighted by atomic mass is 9.98. The van der Waals surface area contributed by atoms with Crippen LogP contribution in [0, 0.1) is 0 Å². The number of hydrogen-bond acceptors (Lipinski definition) is 5. The Morgan fingerprint density at radius 3 is 2.84 bits per heavy atom. The number of aliphatic hydroxyl groups excluding tert-OH is 1.